The second kappa shape index (κ2) is 8.01. The summed E-state index contributed by atoms with van der Waals surface area (Å²) in [4.78, 5) is 11.9. The molecule has 25 heavy (non-hydrogen) atoms. The quantitative estimate of drug-likeness (QED) is 0.702. The van der Waals surface area contributed by atoms with Crippen molar-refractivity contribution in [3.8, 4) is 5.75 Å². The molecule has 0 saturated carbocycles. The maximum atomic E-state index is 13.1. The van der Waals surface area contributed by atoms with Gasteiger partial charge in [-0.05, 0) is 35.9 Å². The summed E-state index contributed by atoms with van der Waals surface area (Å²) in [6.45, 7) is 0.653. The van der Waals surface area contributed by atoms with E-state index in [1.807, 2.05) is 12.1 Å². The van der Waals surface area contributed by atoms with E-state index in [-0.39, 0.29) is 18.5 Å². The summed E-state index contributed by atoms with van der Waals surface area (Å²) in [6, 6.07) is 14.7. The number of rotatable bonds is 6. The Morgan fingerprint density at radius 3 is 2.76 bits per heavy atom. The highest BCUT2D eigenvalue weighted by atomic mass is 19.1. The van der Waals surface area contributed by atoms with Gasteiger partial charge >= 0.3 is 6.03 Å². The summed E-state index contributed by atoms with van der Waals surface area (Å²) >= 11 is 0. The fraction of sp³-hybridized carbons (Fsp3) is 0.105. The predicted octanol–water partition coefficient (Wildman–Crippen LogP) is 4.32. The Balaban J connectivity index is 1.53. The topological polar surface area (TPSA) is 63.5 Å². The Hall–Kier alpha value is -3.28. The normalized spacial score (nSPS) is 10.3. The molecule has 0 spiro atoms. The molecule has 1 aromatic heterocycles. The molecule has 128 valence electrons. The Bertz CT molecular complexity index is 834. The average Bonchev–Trinajstić information content (AvgIpc) is 3.12. The van der Waals surface area contributed by atoms with Crippen molar-refractivity contribution in [3.63, 3.8) is 0 Å². The Morgan fingerprint density at radius 2 is 1.96 bits per heavy atom. The van der Waals surface area contributed by atoms with Crippen molar-refractivity contribution in [3.05, 3.63) is 84.1 Å². The molecule has 0 radical (unpaired) electrons. The Morgan fingerprint density at radius 1 is 1.08 bits per heavy atom. The van der Waals surface area contributed by atoms with E-state index in [0.29, 0.717) is 18.0 Å². The number of hydrogen-bond acceptors (Lipinski definition) is 3. The van der Waals surface area contributed by atoms with Gasteiger partial charge in [-0.3, -0.25) is 0 Å². The molecule has 0 saturated heterocycles. The van der Waals surface area contributed by atoms with E-state index >= 15 is 0 Å². The van der Waals surface area contributed by atoms with Gasteiger partial charge in [-0.2, -0.15) is 0 Å². The molecule has 0 aliphatic rings. The molecule has 1 heterocycles. The van der Waals surface area contributed by atoms with Crippen LogP contribution in [0.4, 0.5) is 14.9 Å². The Kier molecular flexibility index (Phi) is 5.31. The molecule has 2 N–H and O–H groups in total. The molecule has 3 aromatic rings. The van der Waals surface area contributed by atoms with E-state index in [2.05, 4.69) is 10.6 Å². The second-order valence-electron chi connectivity index (χ2n) is 5.39. The zero-order valence-corrected chi connectivity index (χ0v) is 13.4. The van der Waals surface area contributed by atoms with Crippen LogP contribution in [0.2, 0.25) is 0 Å². The van der Waals surface area contributed by atoms with Crippen molar-refractivity contribution in [1.29, 1.82) is 0 Å². The first kappa shape index (κ1) is 16.6. The third-order valence-corrected chi connectivity index (χ3v) is 3.42. The van der Waals surface area contributed by atoms with Gasteiger partial charge in [-0.1, -0.05) is 18.2 Å². The number of anilines is 1. The number of hydrogen-bond donors (Lipinski definition) is 2. The van der Waals surface area contributed by atoms with Crippen LogP contribution < -0.4 is 15.4 Å². The van der Waals surface area contributed by atoms with Crippen molar-refractivity contribution in [2.45, 2.75) is 13.2 Å². The van der Waals surface area contributed by atoms with E-state index in [1.54, 1.807) is 42.9 Å². The number of carbonyl (C=O) groups is 1. The monoisotopic (exact) mass is 340 g/mol. The first-order valence-corrected chi connectivity index (χ1v) is 7.72. The molecule has 0 aliphatic carbocycles. The number of nitrogens with one attached hydrogen (secondary N) is 2. The number of halogens is 1. The number of amides is 2. The molecule has 3 rings (SSSR count). The van der Waals surface area contributed by atoms with Crippen LogP contribution >= 0.6 is 0 Å². The van der Waals surface area contributed by atoms with Crippen LogP contribution in [0.15, 0.2) is 71.5 Å². The van der Waals surface area contributed by atoms with Crippen LogP contribution in [0.5, 0.6) is 5.75 Å². The minimum Gasteiger partial charge on any atom is -0.489 e. The van der Waals surface area contributed by atoms with Crippen LogP contribution in [-0.2, 0) is 13.2 Å². The van der Waals surface area contributed by atoms with Crippen molar-refractivity contribution in [2.24, 2.45) is 0 Å². The van der Waals surface area contributed by atoms with E-state index < -0.39 is 0 Å². The van der Waals surface area contributed by atoms with E-state index in [9.17, 15) is 9.18 Å². The third-order valence-electron chi connectivity index (χ3n) is 3.42. The van der Waals surface area contributed by atoms with Gasteiger partial charge in [0.25, 0.3) is 0 Å². The van der Waals surface area contributed by atoms with Crippen molar-refractivity contribution in [2.75, 3.05) is 5.32 Å². The average molecular weight is 340 g/mol. The maximum Gasteiger partial charge on any atom is 0.319 e. The lowest BCUT2D eigenvalue weighted by atomic mass is 10.2. The molecule has 0 bridgehead atoms. The predicted molar refractivity (Wildman–Crippen MR) is 91.7 cm³/mol. The fourth-order valence-electron chi connectivity index (χ4n) is 2.21. The van der Waals surface area contributed by atoms with Gasteiger partial charge in [0.1, 0.15) is 18.2 Å². The van der Waals surface area contributed by atoms with Crippen molar-refractivity contribution in [1.82, 2.24) is 5.32 Å². The van der Waals surface area contributed by atoms with Crippen LogP contribution in [0.1, 0.15) is 11.1 Å². The SMILES string of the molecule is O=C(NCc1ccoc1)Nc1cccc(COc2cccc(F)c2)c1. The summed E-state index contributed by atoms with van der Waals surface area (Å²) in [7, 11) is 0. The summed E-state index contributed by atoms with van der Waals surface area (Å²) in [5.41, 5.74) is 2.38. The van der Waals surface area contributed by atoms with Gasteiger partial charge in [0.2, 0.25) is 0 Å². The molecule has 0 unspecified atom stereocenters. The van der Waals surface area contributed by atoms with E-state index in [4.69, 9.17) is 9.15 Å². The van der Waals surface area contributed by atoms with E-state index in [0.717, 1.165) is 11.1 Å². The molecule has 0 atom stereocenters. The molecule has 2 amide bonds. The highest BCUT2D eigenvalue weighted by Gasteiger charge is 2.04. The zero-order valence-electron chi connectivity index (χ0n) is 13.4. The molecule has 0 fully saturated rings. The van der Waals surface area contributed by atoms with Crippen molar-refractivity contribution >= 4 is 11.7 Å². The zero-order chi connectivity index (χ0) is 17.5. The molecule has 5 nitrogen and oxygen atoms in total. The minimum absolute atomic E-state index is 0.273. The molecule has 0 aliphatic heterocycles. The van der Waals surface area contributed by atoms with Gasteiger partial charge in [0.05, 0.1) is 12.5 Å². The van der Waals surface area contributed by atoms with Gasteiger partial charge < -0.3 is 19.8 Å². The number of furan rings is 1. The van der Waals surface area contributed by atoms with Crippen LogP contribution in [-0.4, -0.2) is 6.03 Å². The Labute approximate surface area is 144 Å². The fourth-order valence-corrected chi connectivity index (χ4v) is 2.21. The van der Waals surface area contributed by atoms with Crippen LogP contribution in [0.25, 0.3) is 0 Å². The molecule has 6 heteroatoms. The number of benzene rings is 2. The summed E-state index contributed by atoms with van der Waals surface area (Å²) in [5.74, 6) is 0.110. The largest absolute Gasteiger partial charge is 0.489 e. The standard InChI is InChI=1S/C19H17FN2O3/c20-16-4-2-6-18(10-16)25-13-14-3-1-5-17(9-14)22-19(23)21-11-15-7-8-24-12-15/h1-10,12H,11,13H2,(H2,21,22,23). The van der Waals surface area contributed by atoms with Crippen LogP contribution in [0, 0.1) is 5.82 Å². The lowest BCUT2D eigenvalue weighted by Gasteiger charge is -2.10. The summed E-state index contributed by atoms with van der Waals surface area (Å²) < 4.78 is 23.6. The van der Waals surface area contributed by atoms with Crippen LogP contribution in [0.3, 0.4) is 0 Å². The second-order valence-corrected chi connectivity index (χ2v) is 5.39. The minimum atomic E-state index is -0.345. The molecule has 2 aromatic carbocycles. The summed E-state index contributed by atoms with van der Waals surface area (Å²) in [5, 5.41) is 5.49. The highest BCUT2D eigenvalue weighted by Crippen LogP contribution is 2.16. The molecular weight excluding hydrogens is 323 g/mol. The first-order chi connectivity index (χ1) is 12.2. The van der Waals surface area contributed by atoms with Crippen molar-refractivity contribution < 1.29 is 18.3 Å². The molecular formula is C19H17FN2O3. The van der Waals surface area contributed by atoms with Gasteiger partial charge in [0, 0.05) is 23.9 Å². The smallest absolute Gasteiger partial charge is 0.319 e. The first-order valence-electron chi connectivity index (χ1n) is 7.72. The third kappa shape index (κ3) is 5.10. The lowest BCUT2D eigenvalue weighted by molar-refractivity contribution is 0.251. The van der Waals surface area contributed by atoms with Gasteiger partial charge in [-0.25, -0.2) is 9.18 Å². The number of urea groups is 1. The number of ether oxygens (including phenoxy) is 1. The van der Waals surface area contributed by atoms with Gasteiger partial charge in [-0.15, -0.1) is 0 Å². The highest BCUT2D eigenvalue weighted by molar-refractivity contribution is 5.89. The number of carbonyl (C=O) groups excluding carboxylic acids is 1. The summed E-state index contributed by atoms with van der Waals surface area (Å²) in [6.07, 6.45) is 3.13. The van der Waals surface area contributed by atoms with E-state index in [1.165, 1.54) is 12.1 Å². The van der Waals surface area contributed by atoms with Gasteiger partial charge in [0.15, 0.2) is 0 Å². The lowest BCUT2D eigenvalue weighted by Crippen LogP contribution is -2.28. The maximum absolute atomic E-state index is 13.1.